The van der Waals surface area contributed by atoms with E-state index in [-0.39, 0.29) is 18.3 Å². The summed E-state index contributed by atoms with van der Waals surface area (Å²) in [7, 11) is 0. The zero-order valence-electron chi connectivity index (χ0n) is 13.5. The van der Waals surface area contributed by atoms with Crippen molar-refractivity contribution in [2.24, 2.45) is 5.92 Å². The molecule has 2 N–H and O–H groups in total. The highest BCUT2D eigenvalue weighted by Crippen LogP contribution is 2.17. The molecule has 6 nitrogen and oxygen atoms in total. The highest BCUT2D eigenvalue weighted by Gasteiger charge is 2.19. The van der Waals surface area contributed by atoms with Gasteiger partial charge in [0.1, 0.15) is 0 Å². The molecule has 2 aromatic rings. The first kappa shape index (κ1) is 18.9. The van der Waals surface area contributed by atoms with E-state index in [4.69, 9.17) is 0 Å². The maximum atomic E-state index is 12.4. The van der Waals surface area contributed by atoms with Gasteiger partial charge in [0.25, 0.3) is 5.91 Å². The Morgan fingerprint density at radius 1 is 1.50 bits per heavy atom. The normalized spacial score (nSPS) is 17.2. The highest BCUT2D eigenvalue weighted by molar-refractivity contribution is 9.10. The number of halogens is 2. The van der Waals surface area contributed by atoms with Crippen LogP contribution in [0, 0.1) is 12.8 Å². The number of benzene rings is 1. The Morgan fingerprint density at radius 3 is 3.04 bits per heavy atom. The Hall–Kier alpha value is -1.44. The van der Waals surface area contributed by atoms with Gasteiger partial charge in [-0.1, -0.05) is 27.2 Å². The van der Waals surface area contributed by atoms with Crippen molar-refractivity contribution >= 4 is 34.2 Å². The third-order valence-electron chi connectivity index (χ3n) is 4.11. The van der Waals surface area contributed by atoms with Gasteiger partial charge in [0, 0.05) is 11.0 Å². The fourth-order valence-electron chi connectivity index (χ4n) is 2.81. The van der Waals surface area contributed by atoms with Crippen molar-refractivity contribution in [2.45, 2.75) is 19.8 Å². The van der Waals surface area contributed by atoms with Gasteiger partial charge in [-0.15, -0.1) is 17.5 Å². The molecular formula is C16H21BrClN5O. The highest BCUT2D eigenvalue weighted by atomic mass is 79.9. The number of carbonyl (C=O) groups is 1. The summed E-state index contributed by atoms with van der Waals surface area (Å²) in [6.45, 7) is 4.57. The van der Waals surface area contributed by atoms with Crippen molar-refractivity contribution in [3.63, 3.8) is 0 Å². The van der Waals surface area contributed by atoms with Crippen LogP contribution in [-0.4, -0.2) is 40.5 Å². The van der Waals surface area contributed by atoms with Gasteiger partial charge >= 0.3 is 0 Å². The standard InChI is InChI=1S/C16H20BrN5O.ClH/c1-11-15(16(23)19-10-12-4-3-7-18-9-12)20-21-22(11)14-6-2-5-13(17)8-14;/h2,5-6,8,12,18H,3-4,7,9-10H2,1H3,(H,19,23);1H. The predicted octanol–water partition coefficient (Wildman–Crippen LogP) is 2.49. The van der Waals surface area contributed by atoms with Crippen molar-refractivity contribution in [1.82, 2.24) is 25.6 Å². The molecule has 24 heavy (non-hydrogen) atoms. The molecule has 3 rings (SSSR count). The first-order valence-electron chi connectivity index (χ1n) is 7.82. The lowest BCUT2D eigenvalue weighted by atomic mass is 10.00. The number of hydrogen-bond acceptors (Lipinski definition) is 4. The smallest absolute Gasteiger partial charge is 0.273 e. The number of hydrogen-bond donors (Lipinski definition) is 2. The zero-order valence-corrected chi connectivity index (χ0v) is 15.9. The lowest BCUT2D eigenvalue weighted by Crippen LogP contribution is -2.38. The van der Waals surface area contributed by atoms with Crippen LogP contribution in [0.4, 0.5) is 0 Å². The molecule has 0 radical (unpaired) electrons. The van der Waals surface area contributed by atoms with Crippen LogP contribution in [-0.2, 0) is 0 Å². The summed E-state index contributed by atoms with van der Waals surface area (Å²) in [6, 6.07) is 7.75. The van der Waals surface area contributed by atoms with Gasteiger partial charge in [-0.05, 0) is 57.0 Å². The second-order valence-corrected chi connectivity index (χ2v) is 6.75. The molecule has 1 aromatic carbocycles. The lowest BCUT2D eigenvalue weighted by Gasteiger charge is -2.22. The molecule has 1 saturated heterocycles. The third-order valence-corrected chi connectivity index (χ3v) is 4.61. The summed E-state index contributed by atoms with van der Waals surface area (Å²) in [5.74, 6) is 0.336. The number of amides is 1. The summed E-state index contributed by atoms with van der Waals surface area (Å²) in [4.78, 5) is 12.4. The molecule has 1 aliphatic rings. The van der Waals surface area contributed by atoms with Crippen LogP contribution in [0.3, 0.4) is 0 Å². The van der Waals surface area contributed by atoms with Crippen LogP contribution in [0.25, 0.3) is 5.69 Å². The summed E-state index contributed by atoms with van der Waals surface area (Å²) in [5.41, 5.74) is 2.00. The van der Waals surface area contributed by atoms with Gasteiger partial charge in [0.2, 0.25) is 0 Å². The molecule has 0 aliphatic carbocycles. The molecule has 1 unspecified atom stereocenters. The fourth-order valence-corrected chi connectivity index (χ4v) is 3.20. The topological polar surface area (TPSA) is 71.8 Å². The molecule has 1 fully saturated rings. The molecule has 1 atom stereocenters. The zero-order chi connectivity index (χ0) is 16.2. The predicted molar refractivity (Wildman–Crippen MR) is 99.0 cm³/mol. The monoisotopic (exact) mass is 413 g/mol. The van der Waals surface area contributed by atoms with Crippen LogP contribution >= 0.6 is 28.3 Å². The second-order valence-electron chi connectivity index (χ2n) is 5.84. The number of aromatic nitrogens is 3. The molecule has 0 bridgehead atoms. The van der Waals surface area contributed by atoms with Crippen LogP contribution in [0.5, 0.6) is 0 Å². The Kier molecular flexibility index (Phi) is 6.77. The number of nitrogens with zero attached hydrogens (tertiary/aromatic N) is 3. The summed E-state index contributed by atoms with van der Waals surface area (Å²) < 4.78 is 2.64. The van der Waals surface area contributed by atoms with Gasteiger partial charge in [-0.25, -0.2) is 4.68 Å². The van der Waals surface area contributed by atoms with Gasteiger partial charge in [-0.3, -0.25) is 4.79 Å². The van der Waals surface area contributed by atoms with Crippen LogP contribution in [0.1, 0.15) is 29.0 Å². The molecule has 1 aliphatic heterocycles. The van der Waals surface area contributed by atoms with Crippen LogP contribution in [0.2, 0.25) is 0 Å². The molecule has 1 amide bonds. The van der Waals surface area contributed by atoms with Gasteiger partial charge < -0.3 is 10.6 Å². The number of carbonyl (C=O) groups excluding carboxylic acids is 1. The van der Waals surface area contributed by atoms with E-state index in [1.807, 2.05) is 31.2 Å². The quantitative estimate of drug-likeness (QED) is 0.806. The maximum absolute atomic E-state index is 12.4. The van der Waals surface area contributed by atoms with Crippen molar-refractivity contribution < 1.29 is 4.79 Å². The van der Waals surface area contributed by atoms with E-state index >= 15 is 0 Å². The van der Waals surface area contributed by atoms with E-state index in [0.717, 1.165) is 35.4 Å². The van der Waals surface area contributed by atoms with Crippen LogP contribution in [0.15, 0.2) is 28.7 Å². The van der Waals surface area contributed by atoms with E-state index in [1.54, 1.807) is 4.68 Å². The Labute approximate surface area is 155 Å². The van der Waals surface area contributed by atoms with E-state index in [1.165, 1.54) is 6.42 Å². The third kappa shape index (κ3) is 4.34. The summed E-state index contributed by atoms with van der Waals surface area (Å²) in [5, 5.41) is 14.5. The van der Waals surface area contributed by atoms with Gasteiger partial charge in [0.15, 0.2) is 5.69 Å². The molecule has 8 heteroatoms. The van der Waals surface area contributed by atoms with Crippen molar-refractivity contribution in [1.29, 1.82) is 0 Å². The summed E-state index contributed by atoms with van der Waals surface area (Å²) in [6.07, 6.45) is 2.32. The SMILES string of the molecule is Cc1c(C(=O)NCC2CCCNC2)nnn1-c1cccc(Br)c1.Cl. The molecule has 1 aromatic heterocycles. The van der Waals surface area contributed by atoms with Gasteiger partial charge in [-0.2, -0.15) is 0 Å². The maximum Gasteiger partial charge on any atom is 0.273 e. The Morgan fingerprint density at radius 2 is 2.33 bits per heavy atom. The Balaban J connectivity index is 0.00000208. The van der Waals surface area contributed by atoms with E-state index in [2.05, 4.69) is 36.9 Å². The second kappa shape index (κ2) is 8.60. The van der Waals surface area contributed by atoms with Crippen LogP contribution < -0.4 is 10.6 Å². The minimum absolute atomic E-state index is 0. The van der Waals surface area contributed by atoms with Gasteiger partial charge in [0.05, 0.1) is 11.4 Å². The average Bonchev–Trinajstić information content (AvgIpc) is 2.95. The molecule has 130 valence electrons. The van der Waals surface area contributed by atoms with E-state index in [0.29, 0.717) is 18.2 Å². The largest absolute Gasteiger partial charge is 0.350 e. The molecule has 2 heterocycles. The molecule has 0 saturated carbocycles. The minimum atomic E-state index is -0.158. The molecule has 0 spiro atoms. The fraction of sp³-hybridized carbons (Fsp3) is 0.438. The van der Waals surface area contributed by atoms with E-state index in [9.17, 15) is 4.79 Å². The van der Waals surface area contributed by atoms with Crippen molar-refractivity contribution in [3.8, 4) is 5.69 Å². The first-order valence-corrected chi connectivity index (χ1v) is 8.61. The first-order chi connectivity index (χ1) is 11.1. The number of rotatable bonds is 4. The lowest BCUT2D eigenvalue weighted by molar-refractivity contribution is 0.0939. The molecular weight excluding hydrogens is 394 g/mol. The minimum Gasteiger partial charge on any atom is -0.350 e. The number of piperidine rings is 1. The van der Waals surface area contributed by atoms with Crippen molar-refractivity contribution in [3.05, 3.63) is 40.1 Å². The Bertz CT molecular complexity index is 700. The summed E-state index contributed by atoms with van der Waals surface area (Å²) >= 11 is 3.44. The average molecular weight is 415 g/mol. The van der Waals surface area contributed by atoms with E-state index < -0.39 is 0 Å². The number of nitrogens with one attached hydrogen (secondary N) is 2. The van der Waals surface area contributed by atoms with Crippen molar-refractivity contribution in [2.75, 3.05) is 19.6 Å².